The standard InChI is InChI=1S/C19H15F4NO5/c1-27-16-8-11(2-6-15(16)29-19(22)23)3-7-18(26)28-10-17(25)24-14-9-12(20)4-5-13(14)21/h2-9,19H,10H2,1H3,(H,24,25)/b7-3+. The van der Waals surface area contributed by atoms with Gasteiger partial charge in [0.25, 0.3) is 5.91 Å². The summed E-state index contributed by atoms with van der Waals surface area (Å²) in [7, 11) is 1.26. The van der Waals surface area contributed by atoms with Crippen LogP contribution in [-0.2, 0) is 14.3 Å². The van der Waals surface area contributed by atoms with Gasteiger partial charge >= 0.3 is 12.6 Å². The molecule has 0 aliphatic carbocycles. The lowest BCUT2D eigenvalue weighted by molar-refractivity contribution is -0.142. The van der Waals surface area contributed by atoms with E-state index in [1.807, 2.05) is 0 Å². The molecule has 1 amide bonds. The molecule has 0 spiro atoms. The minimum atomic E-state index is -3.02. The van der Waals surface area contributed by atoms with Gasteiger partial charge in [-0.15, -0.1) is 0 Å². The van der Waals surface area contributed by atoms with Gasteiger partial charge in [-0.3, -0.25) is 4.79 Å². The summed E-state index contributed by atoms with van der Waals surface area (Å²) in [5.74, 6) is -3.51. The average molecular weight is 413 g/mol. The van der Waals surface area contributed by atoms with Crippen LogP contribution in [-0.4, -0.2) is 32.2 Å². The molecule has 0 aliphatic heterocycles. The van der Waals surface area contributed by atoms with E-state index in [4.69, 9.17) is 9.47 Å². The van der Waals surface area contributed by atoms with E-state index in [-0.39, 0.29) is 17.2 Å². The lowest BCUT2D eigenvalue weighted by Crippen LogP contribution is -2.20. The zero-order valence-corrected chi connectivity index (χ0v) is 15.0. The number of carbonyl (C=O) groups is 2. The van der Waals surface area contributed by atoms with Crippen LogP contribution in [0.15, 0.2) is 42.5 Å². The van der Waals surface area contributed by atoms with E-state index in [1.54, 1.807) is 0 Å². The highest BCUT2D eigenvalue weighted by Gasteiger charge is 2.12. The number of nitrogens with one attached hydrogen (secondary N) is 1. The van der Waals surface area contributed by atoms with Crippen molar-refractivity contribution in [1.29, 1.82) is 0 Å². The SMILES string of the molecule is COc1cc(/C=C/C(=O)OCC(=O)Nc2cc(F)ccc2F)ccc1OC(F)F. The molecule has 29 heavy (non-hydrogen) atoms. The van der Waals surface area contributed by atoms with Crippen molar-refractivity contribution in [3.05, 3.63) is 59.7 Å². The highest BCUT2D eigenvalue weighted by atomic mass is 19.3. The Bertz CT molecular complexity index is 917. The number of anilines is 1. The first-order chi connectivity index (χ1) is 13.8. The van der Waals surface area contributed by atoms with Gasteiger partial charge in [0, 0.05) is 12.1 Å². The molecule has 0 heterocycles. The molecule has 0 unspecified atom stereocenters. The van der Waals surface area contributed by atoms with Crippen molar-refractivity contribution in [3.8, 4) is 11.5 Å². The van der Waals surface area contributed by atoms with Crippen molar-refractivity contribution in [3.63, 3.8) is 0 Å². The molecule has 0 radical (unpaired) electrons. The first kappa shape index (κ1) is 21.7. The number of amides is 1. The monoisotopic (exact) mass is 413 g/mol. The fourth-order valence-corrected chi connectivity index (χ4v) is 2.11. The van der Waals surface area contributed by atoms with Gasteiger partial charge in [0.1, 0.15) is 11.6 Å². The number of esters is 1. The van der Waals surface area contributed by atoms with Crippen molar-refractivity contribution >= 4 is 23.6 Å². The highest BCUT2D eigenvalue weighted by Crippen LogP contribution is 2.29. The number of benzene rings is 2. The molecule has 0 saturated carbocycles. The highest BCUT2D eigenvalue weighted by molar-refractivity contribution is 5.94. The van der Waals surface area contributed by atoms with E-state index in [9.17, 15) is 27.2 Å². The van der Waals surface area contributed by atoms with E-state index >= 15 is 0 Å². The minimum Gasteiger partial charge on any atom is -0.493 e. The Balaban J connectivity index is 1.90. The Hall–Kier alpha value is -3.56. The van der Waals surface area contributed by atoms with Crippen LogP contribution in [0, 0.1) is 11.6 Å². The molecule has 0 saturated heterocycles. The summed E-state index contributed by atoms with van der Waals surface area (Å²) < 4.78 is 65.0. The van der Waals surface area contributed by atoms with Crippen molar-refractivity contribution < 1.29 is 41.4 Å². The summed E-state index contributed by atoms with van der Waals surface area (Å²) in [6.07, 6.45) is 2.28. The second-order valence-corrected chi connectivity index (χ2v) is 5.40. The second-order valence-electron chi connectivity index (χ2n) is 5.40. The van der Waals surface area contributed by atoms with Crippen LogP contribution in [0.25, 0.3) is 6.08 Å². The molecule has 154 valence electrons. The summed E-state index contributed by atoms with van der Waals surface area (Å²) in [4.78, 5) is 23.4. The maximum atomic E-state index is 13.4. The number of methoxy groups -OCH3 is 1. The van der Waals surface area contributed by atoms with Gasteiger partial charge in [-0.2, -0.15) is 8.78 Å². The molecular formula is C19H15F4NO5. The zero-order chi connectivity index (χ0) is 21.4. The van der Waals surface area contributed by atoms with Gasteiger partial charge in [-0.25, -0.2) is 13.6 Å². The van der Waals surface area contributed by atoms with Gasteiger partial charge in [-0.1, -0.05) is 6.07 Å². The Labute approximate surface area is 162 Å². The normalized spacial score (nSPS) is 10.8. The molecule has 0 bridgehead atoms. The lowest BCUT2D eigenvalue weighted by Gasteiger charge is -2.10. The largest absolute Gasteiger partial charge is 0.493 e. The van der Waals surface area contributed by atoms with Crippen molar-refractivity contribution in [1.82, 2.24) is 0 Å². The third-order valence-corrected chi connectivity index (χ3v) is 3.36. The Kier molecular flexibility index (Phi) is 7.58. The fraction of sp³-hybridized carbons (Fsp3) is 0.158. The number of ether oxygens (including phenoxy) is 3. The summed E-state index contributed by atoms with van der Waals surface area (Å²) in [5.41, 5.74) is 0.0199. The van der Waals surface area contributed by atoms with Gasteiger partial charge in [0.05, 0.1) is 12.8 Å². The summed E-state index contributed by atoms with van der Waals surface area (Å²) in [6.45, 7) is -3.75. The van der Waals surface area contributed by atoms with Crippen molar-refractivity contribution in [2.24, 2.45) is 0 Å². The van der Waals surface area contributed by atoms with E-state index in [0.29, 0.717) is 5.56 Å². The molecule has 6 nitrogen and oxygen atoms in total. The van der Waals surface area contributed by atoms with Crippen LogP contribution in [0.3, 0.4) is 0 Å². The third-order valence-electron chi connectivity index (χ3n) is 3.36. The van der Waals surface area contributed by atoms with Gasteiger partial charge < -0.3 is 19.5 Å². The van der Waals surface area contributed by atoms with E-state index in [0.717, 1.165) is 24.3 Å². The summed E-state index contributed by atoms with van der Waals surface area (Å²) in [5, 5.41) is 2.07. The van der Waals surface area contributed by atoms with Gasteiger partial charge in [0.15, 0.2) is 18.1 Å². The number of rotatable bonds is 8. The number of halogens is 4. The van der Waals surface area contributed by atoms with E-state index < -0.39 is 36.7 Å². The smallest absolute Gasteiger partial charge is 0.387 e. The lowest BCUT2D eigenvalue weighted by atomic mass is 10.2. The zero-order valence-electron chi connectivity index (χ0n) is 15.0. The number of hydrogen-bond acceptors (Lipinski definition) is 5. The third kappa shape index (κ3) is 6.83. The van der Waals surface area contributed by atoms with Gasteiger partial charge in [-0.05, 0) is 35.9 Å². The number of hydrogen-bond donors (Lipinski definition) is 1. The topological polar surface area (TPSA) is 73.9 Å². The van der Waals surface area contributed by atoms with Gasteiger partial charge in [0.2, 0.25) is 0 Å². The maximum absolute atomic E-state index is 13.4. The predicted octanol–water partition coefficient (Wildman–Crippen LogP) is 3.77. The Morgan fingerprint density at radius 1 is 1.10 bits per heavy atom. The van der Waals surface area contributed by atoms with Crippen LogP contribution >= 0.6 is 0 Å². The summed E-state index contributed by atoms with van der Waals surface area (Å²) >= 11 is 0. The average Bonchev–Trinajstić information content (AvgIpc) is 2.68. The number of carbonyl (C=O) groups excluding carboxylic acids is 2. The molecule has 2 aromatic rings. The van der Waals surface area contributed by atoms with Crippen LogP contribution in [0.1, 0.15) is 5.56 Å². The molecule has 2 aromatic carbocycles. The molecule has 1 N–H and O–H groups in total. The molecule has 0 aromatic heterocycles. The predicted molar refractivity (Wildman–Crippen MR) is 94.6 cm³/mol. The molecule has 10 heteroatoms. The van der Waals surface area contributed by atoms with E-state index in [2.05, 4.69) is 10.1 Å². The van der Waals surface area contributed by atoms with E-state index in [1.165, 1.54) is 31.4 Å². The van der Waals surface area contributed by atoms with Crippen LogP contribution in [0.5, 0.6) is 11.5 Å². The summed E-state index contributed by atoms with van der Waals surface area (Å²) in [6, 6.07) is 6.48. The Morgan fingerprint density at radius 3 is 2.55 bits per heavy atom. The molecular weight excluding hydrogens is 398 g/mol. The number of alkyl halides is 2. The van der Waals surface area contributed by atoms with Crippen molar-refractivity contribution in [2.75, 3.05) is 19.0 Å². The Morgan fingerprint density at radius 2 is 1.86 bits per heavy atom. The molecule has 0 atom stereocenters. The fourth-order valence-electron chi connectivity index (χ4n) is 2.11. The van der Waals surface area contributed by atoms with Crippen molar-refractivity contribution in [2.45, 2.75) is 6.61 Å². The van der Waals surface area contributed by atoms with Crippen LogP contribution in [0.4, 0.5) is 23.2 Å². The first-order valence-corrected chi connectivity index (χ1v) is 8.01. The first-order valence-electron chi connectivity index (χ1n) is 8.01. The molecule has 0 fully saturated rings. The molecule has 0 aliphatic rings. The maximum Gasteiger partial charge on any atom is 0.387 e. The van der Waals surface area contributed by atoms with Crippen LogP contribution in [0.2, 0.25) is 0 Å². The quantitative estimate of drug-likeness (QED) is 0.405. The molecule has 2 rings (SSSR count). The minimum absolute atomic E-state index is 0.0253. The second kappa shape index (κ2) is 10.1. The van der Waals surface area contributed by atoms with Crippen LogP contribution < -0.4 is 14.8 Å².